The van der Waals surface area contributed by atoms with E-state index in [9.17, 15) is 9.59 Å². The molecule has 2 amide bonds. The average molecular weight is 411 g/mol. The second kappa shape index (κ2) is 9.61. The molecule has 0 unspecified atom stereocenters. The zero-order chi connectivity index (χ0) is 20.6. The molecule has 148 valence electrons. The van der Waals surface area contributed by atoms with Crippen LogP contribution in [0.3, 0.4) is 0 Å². The fourth-order valence-corrected chi connectivity index (χ4v) is 2.74. The lowest BCUT2D eigenvalue weighted by Gasteiger charge is -2.13. The molecule has 3 rings (SSSR count). The first-order valence-electron chi connectivity index (χ1n) is 8.78. The van der Waals surface area contributed by atoms with Gasteiger partial charge in [-0.2, -0.15) is 0 Å². The predicted octanol–water partition coefficient (Wildman–Crippen LogP) is 4.62. The molecule has 3 aromatic rings. The lowest BCUT2D eigenvalue weighted by atomic mass is 10.2. The van der Waals surface area contributed by atoms with Crippen LogP contribution in [0, 0.1) is 0 Å². The van der Waals surface area contributed by atoms with E-state index in [1.54, 1.807) is 55.6 Å². The molecular formula is C22H19ClN2O4. The van der Waals surface area contributed by atoms with Gasteiger partial charge in [-0.15, -0.1) is 0 Å². The van der Waals surface area contributed by atoms with Crippen molar-refractivity contribution in [2.75, 3.05) is 24.4 Å². The summed E-state index contributed by atoms with van der Waals surface area (Å²) in [7, 11) is 1.55. The Morgan fingerprint density at radius 3 is 2.41 bits per heavy atom. The molecule has 0 aromatic heterocycles. The van der Waals surface area contributed by atoms with Gasteiger partial charge >= 0.3 is 0 Å². The monoisotopic (exact) mass is 410 g/mol. The van der Waals surface area contributed by atoms with E-state index in [4.69, 9.17) is 21.1 Å². The smallest absolute Gasteiger partial charge is 0.262 e. The third kappa shape index (κ3) is 5.73. The van der Waals surface area contributed by atoms with Crippen LogP contribution >= 0.6 is 11.6 Å². The van der Waals surface area contributed by atoms with Crippen LogP contribution in [0.5, 0.6) is 11.5 Å². The number of para-hydroxylation sites is 1. The molecule has 6 nitrogen and oxygen atoms in total. The van der Waals surface area contributed by atoms with Gasteiger partial charge in [0.25, 0.3) is 11.8 Å². The van der Waals surface area contributed by atoms with Gasteiger partial charge in [0.15, 0.2) is 6.61 Å². The van der Waals surface area contributed by atoms with E-state index in [0.717, 1.165) is 0 Å². The van der Waals surface area contributed by atoms with Gasteiger partial charge in [0.1, 0.15) is 11.5 Å². The number of hydrogen-bond donors (Lipinski definition) is 2. The molecule has 0 saturated heterocycles. The Morgan fingerprint density at radius 1 is 0.897 bits per heavy atom. The molecule has 0 spiro atoms. The first kappa shape index (κ1) is 20.2. The molecule has 0 aliphatic heterocycles. The van der Waals surface area contributed by atoms with Gasteiger partial charge in [-0.25, -0.2) is 0 Å². The zero-order valence-corrected chi connectivity index (χ0v) is 16.4. The van der Waals surface area contributed by atoms with Crippen molar-refractivity contribution in [1.29, 1.82) is 0 Å². The highest BCUT2D eigenvalue weighted by Gasteiger charge is 2.15. The Bertz CT molecular complexity index is 1010. The number of amides is 2. The fraction of sp³-hybridized carbons (Fsp3) is 0.0909. The van der Waals surface area contributed by atoms with Crippen molar-refractivity contribution in [1.82, 2.24) is 0 Å². The minimum atomic E-state index is -0.387. The summed E-state index contributed by atoms with van der Waals surface area (Å²) in [6.07, 6.45) is 0. The van der Waals surface area contributed by atoms with Crippen LogP contribution in [-0.4, -0.2) is 25.5 Å². The number of halogens is 1. The molecule has 0 saturated carbocycles. The molecule has 0 aliphatic carbocycles. The highest BCUT2D eigenvalue weighted by Crippen LogP contribution is 2.24. The Balaban J connectivity index is 1.67. The second-order valence-corrected chi connectivity index (χ2v) is 6.47. The van der Waals surface area contributed by atoms with Crippen molar-refractivity contribution >= 4 is 34.8 Å². The fourth-order valence-electron chi connectivity index (χ4n) is 2.57. The van der Waals surface area contributed by atoms with Crippen LogP contribution in [0.1, 0.15) is 10.4 Å². The highest BCUT2D eigenvalue weighted by atomic mass is 35.5. The van der Waals surface area contributed by atoms with Gasteiger partial charge in [-0.3, -0.25) is 9.59 Å². The number of carbonyl (C=O) groups is 2. The summed E-state index contributed by atoms with van der Waals surface area (Å²) in [5, 5.41) is 5.88. The third-order valence-electron chi connectivity index (χ3n) is 3.93. The molecule has 0 bridgehead atoms. The largest absolute Gasteiger partial charge is 0.497 e. The molecule has 0 atom stereocenters. The maximum Gasteiger partial charge on any atom is 0.262 e. The number of anilines is 2. The zero-order valence-electron chi connectivity index (χ0n) is 15.6. The topological polar surface area (TPSA) is 76.7 Å². The summed E-state index contributed by atoms with van der Waals surface area (Å²) in [4.78, 5) is 24.9. The van der Waals surface area contributed by atoms with Crippen molar-refractivity contribution in [2.45, 2.75) is 0 Å². The number of benzene rings is 3. The number of ether oxygens (including phenoxy) is 2. The quantitative estimate of drug-likeness (QED) is 0.596. The molecule has 0 fully saturated rings. The number of nitrogens with one attached hydrogen (secondary N) is 2. The molecule has 29 heavy (non-hydrogen) atoms. The normalized spacial score (nSPS) is 10.1. The van der Waals surface area contributed by atoms with Crippen LogP contribution in [-0.2, 0) is 4.79 Å². The van der Waals surface area contributed by atoms with Crippen LogP contribution in [0.2, 0.25) is 5.02 Å². The molecule has 0 aliphatic rings. The van der Waals surface area contributed by atoms with Crippen molar-refractivity contribution in [2.24, 2.45) is 0 Å². The Hall–Kier alpha value is -3.51. The maximum atomic E-state index is 12.6. The van der Waals surface area contributed by atoms with Gasteiger partial charge in [0.2, 0.25) is 0 Å². The summed E-state index contributed by atoms with van der Waals surface area (Å²) in [5.74, 6) is 0.120. The summed E-state index contributed by atoms with van der Waals surface area (Å²) >= 11 is 6.04. The number of carbonyl (C=O) groups excluding carboxylic acids is 2. The van der Waals surface area contributed by atoms with Crippen molar-refractivity contribution in [3.8, 4) is 11.5 Å². The van der Waals surface area contributed by atoms with Gasteiger partial charge in [0, 0.05) is 22.5 Å². The Kier molecular flexibility index (Phi) is 6.71. The van der Waals surface area contributed by atoms with E-state index in [1.807, 2.05) is 18.2 Å². The minimum Gasteiger partial charge on any atom is -0.497 e. The van der Waals surface area contributed by atoms with E-state index in [0.29, 0.717) is 22.1 Å². The number of hydrogen-bond acceptors (Lipinski definition) is 4. The van der Waals surface area contributed by atoms with E-state index in [-0.39, 0.29) is 29.7 Å². The Morgan fingerprint density at radius 2 is 1.66 bits per heavy atom. The standard InChI is InChI=1S/C22H19ClN2O4/c1-28-18-9-5-8-17(13-18)24-21(26)14-29-20-11-10-15(23)12-19(20)22(27)25-16-6-3-2-4-7-16/h2-13H,14H2,1H3,(H,24,26)(H,25,27). The van der Waals surface area contributed by atoms with Gasteiger partial charge in [0.05, 0.1) is 12.7 Å². The highest BCUT2D eigenvalue weighted by molar-refractivity contribution is 6.31. The van der Waals surface area contributed by atoms with Crippen molar-refractivity contribution in [3.63, 3.8) is 0 Å². The van der Waals surface area contributed by atoms with E-state index in [1.165, 1.54) is 6.07 Å². The molecule has 2 N–H and O–H groups in total. The minimum absolute atomic E-state index is 0.232. The lowest BCUT2D eigenvalue weighted by molar-refractivity contribution is -0.118. The first-order chi connectivity index (χ1) is 14.0. The average Bonchev–Trinajstić information content (AvgIpc) is 2.73. The maximum absolute atomic E-state index is 12.6. The molecule has 7 heteroatoms. The second-order valence-electron chi connectivity index (χ2n) is 6.03. The van der Waals surface area contributed by atoms with E-state index in [2.05, 4.69) is 10.6 Å². The predicted molar refractivity (Wildman–Crippen MR) is 113 cm³/mol. The van der Waals surface area contributed by atoms with Crippen LogP contribution in [0.15, 0.2) is 72.8 Å². The third-order valence-corrected chi connectivity index (χ3v) is 4.17. The summed E-state index contributed by atoms with van der Waals surface area (Å²) < 4.78 is 10.7. The van der Waals surface area contributed by atoms with Crippen LogP contribution in [0.4, 0.5) is 11.4 Å². The van der Waals surface area contributed by atoms with E-state index < -0.39 is 0 Å². The molecular weight excluding hydrogens is 392 g/mol. The molecule has 0 radical (unpaired) electrons. The SMILES string of the molecule is COc1cccc(NC(=O)COc2ccc(Cl)cc2C(=O)Nc2ccccc2)c1. The van der Waals surface area contributed by atoms with Crippen LogP contribution < -0.4 is 20.1 Å². The first-order valence-corrected chi connectivity index (χ1v) is 9.15. The lowest BCUT2D eigenvalue weighted by Crippen LogP contribution is -2.21. The number of rotatable bonds is 7. The number of methoxy groups -OCH3 is 1. The van der Waals surface area contributed by atoms with Gasteiger partial charge in [-0.05, 0) is 42.5 Å². The summed E-state index contributed by atoms with van der Waals surface area (Å²) in [6, 6.07) is 20.6. The van der Waals surface area contributed by atoms with Crippen molar-refractivity contribution in [3.05, 3.63) is 83.4 Å². The summed E-state index contributed by atoms with van der Waals surface area (Å²) in [6.45, 7) is -0.273. The van der Waals surface area contributed by atoms with Crippen LogP contribution in [0.25, 0.3) is 0 Å². The summed E-state index contributed by atoms with van der Waals surface area (Å²) in [5.41, 5.74) is 1.45. The Labute approximate surface area is 173 Å². The van der Waals surface area contributed by atoms with Gasteiger partial charge in [-0.1, -0.05) is 35.9 Å². The molecule has 0 heterocycles. The van der Waals surface area contributed by atoms with Gasteiger partial charge < -0.3 is 20.1 Å². The molecule has 3 aromatic carbocycles. The van der Waals surface area contributed by atoms with Crippen molar-refractivity contribution < 1.29 is 19.1 Å². The van der Waals surface area contributed by atoms with E-state index >= 15 is 0 Å².